The number of fused-ring (bicyclic) bond motifs is 1. The molecule has 0 atom stereocenters. The fourth-order valence-electron chi connectivity index (χ4n) is 11.0. The number of aromatic amines is 1. The van der Waals surface area contributed by atoms with Gasteiger partial charge in [0.1, 0.15) is 5.82 Å². The van der Waals surface area contributed by atoms with Gasteiger partial charge in [-0.1, -0.05) is 13.3 Å². The second-order valence-corrected chi connectivity index (χ2v) is 17.9. The number of carbonyl (C=O) groups is 2. The third-order valence-electron chi connectivity index (χ3n) is 13.3. The smallest absolute Gasteiger partial charge is 0.253 e. The van der Waals surface area contributed by atoms with Crippen LogP contribution in [0.5, 0.6) is 0 Å². The van der Waals surface area contributed by atoms with Gasteiger partial charge >= 0.3 is 0 Å². The van der Waals surface area contributed by atoms with Crippen molar-refractivity contribution >= 4 is 28.5 Å². The normalized spacial score (nSPS) is 23.3. The first-order chi connectivity index (χ1) is 27.1. The van der Waals surface area contributed by atoms with Crippen LogP contribution in [-0.2, 0) is 17.8 Å². The molecule has 3 aromatic heterocycles. The molecule has 11 heteroatoms. The second kappa shape index (κ2) is 16.2. The molecule has 9 rings (SSSR count). The number of rotatable bonds is 14. The monoisotopic (exact) mass is 760 g/mol. The zero-order valence-corrected chi connectivity index (χ0v) is 33.8. The van der Waals surface area contributed by atoms with Crippen molar-refractivity contribution in [2.45, 2.75) is 104 Å². The predicted octanol–water partition coefficient (Wildman–Crippen LogP) is 6.79. The summed E-state index contributed by atoms with van der Waals surface area (Å²) in [6.45, 7) is 13.4. The number of nitrogens with zero attached hydrogens (tertiary/aromatic N) is 5. The number of amides is 2. The molecular weight excluding hydrogens is 701 g/mol. The van der Waals surface area contributed by atoms with Crippen LogP contribution in [0.25, 0.3) is 22.0 Å². The standard InChI is InChI=1S/C45H60N8O3/c1-5-6-34-17-30(4)50-44(56)38(34)27-48-43(55)37-21-36(22-40-39(37)28-49-53(40)29(2)3)35-7-8-41(47-26-35)52-15-13-51(14-16-52)12-11-46-42(54)9-10-45-23-31-18-32(24-45)20-33(19-31)25-45/h7-8,17,21-22,26,28-29,31-33H,5-6,9-16,18-20,23-25,27H2,1-4H3,(H,46,54)(H,48,55)(H,50,56). The third-order valence-corrected chi connectivity index (χ3v) is 13.3. The number of H-pyrrole nitrogens is 1. The fourth-order valence-corrected chi connectivity index (χ4v) is 11.0. The lowest BCUT2D eigenvalue weighted by Crippen LogP contribution is -2.49. The van der Waals surface area contributed by atoms with Gasteiger partial charge in [0.25, 0.3) is 11.5 Å². The minimum atomic E-state index is -0.248. The molecular formula is C45H60N8O3. The molecule has 11 nitrogen and oxygen atoms in total. The highest BCUT2D eigenvalue weighted by atomic mass is 16.2. The van der Waals surface area contributed by atoms with Crippen LogP contribution >= 0.6 is 0 Å². The first kappa shape index (κ1) is 38.4. The second-order valence-electron chi connectivity index (χ2n) is 17.9. The quantitative estimate of drug-likeness (QED) is 0.129. The van der Waals surface area contributed by atoms with Crippen molar-refractivity contribution in [2.75, 3.05) is 44.2 Å². The van der Waals surface area contributed by atoms with Crippen LogP contribution in [0, 0.1) is 30.1 Å². The van der Waals surface area contributed by atoms with Crippen LogP contribution in [0.3, 0.4) is 0 Å². The third kappa shape index (κ3) is 8.15. The summed E-state index contributed by atoms with van der Waals surface area (Å²) in [5, 5.41) is 11.7. The van der Waals surface area contributed by atoms with Gasteiger partial charge in [0.15, 0.2) is 0 Å². The van der Waals surface area contributed by atoms with E-state index in [0.29, 0.717) is 29.5 Å². The van der Waals surface area contributed by atoms with E-state index >= 15 is 0 Å². The fraction of sp³-hybridized carbons (Fsp3) is 0.578. The van der Waals surface area contributed by atoms with E-state index in [4.69, 9.17) is 4.98 Å². The summed E-state index contributed by atoms with van der Waals surface area (Å²) in [4.78, 5) is 52.1. The Kier molecular flexibility index (Phi) is 11.1. The van der Waals surface area contributed by atoms with Crippen molar-refractivity contribution in [3.63, 3.8) is 0 Å². The highest BCUT2D eigenvalue weighted by molar-refractivity contribution is 6.08. The molecule has 5 aliphatic rings. The largest absolute Gasteiger partial charge is 0.355 e. The SMILES string of the molecule is CCCc1cc(C)[nH]c(=O)c1CNC(=O)c1cc(-c2ccc(N3CCN(CCNC(=O)CCC45CC6CC(CC(C6)C4)C5)CC3)nc2)cc2c1cnn2C(C)C. The Bertz CT molecular complexity index is 2070. The summed E-state index contributed by atoms with van der Waals surface area (Å²) in [6, 6.07) is 10.2. The van der Waals surface area contributed by atoms with Crippen LogP contribution in [0.1, 0.15) is 112 Å². The van der Waals surface area contributed by atoms with Crippen LogP contribution in [-0.4, -0.2) is 75.7 Å². The molecule has 4 bridgehead atoms. The molecule has 4 aliphatic carbocycles. The van der Waals surface area contributed by atoms with Crippen LogP contribution < -0.4 is 21.1 Å². The van der Waals surface area contributed by atoms with Gasteiger partial charge in [-0.15, -0.1) is 0 Å². The van der Waals surface area contributed by atoms with Crippen LogP contribution in [0.15, 0.2) is 47.5 Å². The van der Waals surface area contributed by atoms with Crippen molar-refractivity contribution in [3.05, 3.63) is 75.5 Å². The number of piperazine rings is 1. The average Bonchev–Trinajstić information content (AvgIpc) is 3.61. The molecule has 1 aromatic carbocycles. The van der Waals surface area contributed by atoms with E-state index in [1.54, 1.807) is 6.20 Å². The summed E-state index contributed by atoms with van der Waals surface area (Å²) in [5.41, 5.74) is 5.88. The summed E-state index contributed by atoms with van der Waals surface area (Å²) < 4.78 is 1.94. The lowest BCUT2D eigenvalue weighted by molar-refractivity contribution is -0.123. The molecule has 2 amide bonds. The van der Waals surface area contributed by atoms with E-state index in [1.165, 1.54) is 38.5 Å². The number of aryl methyl sites for hydroxylation is 2. The minimum absolute atomic E-state index is 0.105. The topological polar surface area (TPSA) is 128 Å². The van der Waals surface area contributed by atoms with Gasteiger partial charge in [-0.25, -0.2) is 4.98 Å². The molecule has 0 unspecified atom stereocenters. The van der Waals surface area contributed by atoms with E-state index in [-0.39, 0.29) is 30.0 Å². The summed E-state index contributed by atoms with van der Waals surface area (Å²) in [7, 11) is 0. The zero-order valence-electron chi connectivity index (χ0n) is 33.8. The lowest BCUT2D eigenvalue weighted by Gasteiger charge is -2.57. The molecule has 3 N–H and O–H groups in total. The number of hydrogen-bond acceptors (Lipinski definition) is 7. The Balaban J connectivity index is 0.867. The number of benzene rings is 1. The van der Waals surface area contributed by atoms with Crippen molar-refractivity contribution in [1.82, 2.24) is 35.3 Å². The van der Waals surface area contributed by atoms with Crippen molar-refractivity contribution < 1.29 is 9.59 Å². The van der Waals surface area contributed by atoms with Crippen LogP contribution in [0.2, 0.25) is 0 Å². The molecule has 4 aromatic rings. The molecule has 0 spiro atoms. The Morgan fingerprint density at radius 3 is 2.34 bits per heavy atom. The van der Waals surface area contributed by atoms with Gasteiger partial charge in [-0.2, -0.15) is 5.10 Å². The number of anilines is 1. The number of pyridine rings is 2. The molecule has 5 fully saturated rings. The molecule has 1 aliphatic heterocycles. The Hall–Kier alpha value is -4.51. The van der Waals surface area contributed by atoms with Crippen molar-refractivity contribution in [1.29, 1.82) is 0 Å². The maximum atomic E-state index is 13.9. The minimum Gasteiger partial charge on any atom is -0.355 e. The van der Waals surface area contributed by atoms with Crippen molar-refractivity contribution in [2.24, 2.45) is 23.2 Å². The first-order valence-corrected chi connectivity index (χ1v) is 21.3. The van der Waals surface area contributed by atoms with E-state index in [9.17, 15) is 14.4 Å². The van der Waals surface area contributed by atoms with E-state index in [1.807, 2.05) is 29.9 Å². The molecule has 4 saturated carbocycles. The van der Waals surface area contributed by atoms with Gasteiger partial charge in [0, 0.05) is 86.7 Å². The Labute approximate surface area is 331 Å². The molecule has 1 saturated heterocycles. The van der Waals surface area contributed by atoms with Crippen molar-refractivity contribution in [3.8, 4) is 11.1 Å². The molecule has 4 heterocycles. The van der Waals surface area contributed by atoms with E-state index in [0.717, 1.165) is 109 Å². The average molecular weight is 761 g/mol. The van der Waals surface area contributed by atoms with Gasteiger partial charge in [0.05, 0.1) is 17.3 Å². The first-order valence-electron chi connectivity index (χ1n) is 21.3. The number of nitrogens with one attached hydrogen (secondary N) is 3. The van der Waals surface area contributed by atoms with Gasteiger partial charge in [0.2, 0.25) is 5.91 Å². The number of aromatic nitrogens is 4. The highest BCUT2D eigenvalue weighted by Gasteiger charge is 2.50. The summed E-state index contributed by atoms with van der Waals surface area (Å²) in [6.07, 6.45) is 15.6. The summed E-state index contributed by atoms with van der Waals surface area (Å²) in [5.74, 6) is 3.72. The zero-order chi connectivity index (χ0) is 39.0. The maximum absolute atomic E-state index is 13.9. The van der Waals surface area contributed by atoms with Gasteiger partial charge in [-0.3, -0.25) is 24.0 Å². The molecule has 0 radical (unpaired) electrons. The Morgan fingerprint density at radius 2 is 1.68 bits per heavy atom. The number of hydrogen-bond donors (Lipinski definition) is 3. The predicted molar refractivity (Wildman–Crippen MR) is 222 cm³/mol. The van der Waals surface area contributed by atoms with E-state index < -0.39 is 0 Å². The Morgan fingerprint density at radius 1 is 0.946 bits per heavy atom. The van der Waals surface area contributed by atoms with Gasteiger partial charge < -0.3 is 20.5 Å². The molecule has 56 heavy (non-hydrogen) atoms. The van der Waals surface area contributed by atoms with E-state index in [2.05, 4.69) is 69.5 Å². The summed E-state index contributed by atoms with van der Waals surface area (Å²) >= 11 is 0. The highest BCUT2D eigenvalue weighted by Crippen LogP contribution is 2.61. The number of carbonyl (C=O) groups excluding carboxylic acids is 2. The van der Waals surface area contributed by atoms with Gasteiger partial charge in [-0.05, 0) is 137 Å². The van der Waals surface area contributed by atoms with Crippen LogP contribution in [0.4, 0.5) is 5.82 Å². The molecule has 298 valence electrons. The maximum Gasteiger partial charge on any atom is 0.253 e. The lowest BCUT2D eigenvalue weighted by atomic mass is 9.48.